The fourth-order valence-corrected chi connectivity index (χ4v) is 5.95. The predicted molar refractivity (Wildman–Crippen MR) is 118 cm³/mol. The van der Waals surface area contributed by atoms with Crippen molar-refractivity contribution in [3.8, 4) is 10.4 Å². The highest BCUT2D eigenvalue weighted by molar-refractivity contribution is 7.15. The molecule has 31 heavy (non-hydrogen) atoms. The van der Waals surface area contributed by atoms with Crippen LogP contribution in [0.1, 0.15) is 34.9 Å². The molecular formula is C25H25FO4S. The quantitative estimate of drug-likeness (QED) is 0.580. The first-order valence-corrected chi connectivity index (χ1v) is 11.4. The number of hydrogen-bond donors (Lipinski definition) is 3. The van der Waals surface area contributed by atoms with Gasteiger partial charge in [-0.05, 0) is 66.3 Å². The van der Waals surface area contributed by atoms with Crippen LogP contribution in [0, 0.1) is 5.82 Å². The van der Waals surface area contributed by atoms with Crippen molar-refractivity contribution in [3.05, 3.63) is 82.0 Å². The lowest BCUT2D eigenvalue weighted by Crippen LogP contribution is -2.61. The fraction of sp³-hybridized carbons (Fsp3) is 0.360. The zero-order valence-electron chi connectivity index (χ0n) is 17.2. The average Bonchev–Trinajstić information content (AvgIpc) is 3.38. The van der Waals surface area contributed by atoms with Gasteiger partial charge in [-0.3, -0.25) is 0 Å². The van der Waals surface area contributed by atoms with Gasteiger partial charge in [-0.25, -0.2) is 4.39 Å². The Morgan fingerprint density at radius 2 is 1.84 bits per heavy atom. The van der Waals surface area contributed by atoms with Gasteiger partial charge in [0.25, 0.3) is 0 Å². The minimum Gasteiger partial charge on any atom is -0.388 e. The van der Waals surface area contributed by atoms with Gasteiger partial charge in [0.15, 0.2) is 0 Å². The van der Waals surface area contributed by atoms with E-state index in [9.17, 15) is 19.7 Å². The van der Waals surface area contributed by atoms with Crippen molar-refractivity contribution < 1.29 is 24.4 Å². The topological polar surface area (TPSA) is 69.9 Å². The smallest absolute Gasteiger partial charge is 0.127 e. The molecule has 0 unspecified atom stereocenters. The summed E-state index contributed by atoms with van der Waals surface area (Å²) in [5, 5.41) is 31.3. The first-order chi connectivity index (χ1) is 14.9. The van der Waals surface area contributed by atoms with Gasteiger partial charge >= 0.3 is 0 Å². The van der Waals surface area contributed by atoms with Crippen LogP contribution < -0.4 is 0 Å². The molecule has 1 aliphatic heterocycles. The maximum Gasteiger partial charge on any atom is 0.127 e. The molecule has 5 atom stereocenters. The Morgan fingerprint density at radius 3 is 2.61 bits per heavy atom. The van der Waals surface area contributed by atoms with Crippen LogP contribution >= 0.6 is 11.3 Å². The summed E-state index contributed by atoms with van der Waals surface area (Å²) in [7, 11) is 0. The highest BCUT2D eigenvalue weighted by Crippen LogP contribution is 2.48. The Balaban J connectivity index is 1.48. The second-order valence-electron chi connectivity index (χ2n) is 8.55. The summed E-state index contributed by atoms with van der Waals surface area (Å²) >= 11 is 1.63. The van der Waals surface area contributed by atoms with Gasteiger partial charge in [-0.1, -0.05) is 30.3 Å². The van der Waals surface area contributed by atoms with Crippen LogP contribution in [-0.2, 0) is 23.2 Å². The van der Waals surface area contributed by atoms with Crippen LogP contribution in [0.15, 0.2) is 54.6 Å². The van der Waals surface area contributed by atoms with Gasteiger partial charge in [0, 0.05) is 16.2 Å². The Labute approximate surface area is 184 Å². The molecule has 0 radical (unpaired) electrons. The Hall–Kier alpha value is -2.09. The second kappa shape index (κ2) is 7.80. The Kier molecular flexibility index (Phi) is 5.23. The van der Waals surface area contributed by atoms with Crippen molar-refractivity contribution >= 4 is 11.3 Å². The second-order valence-corrected chi connectivity index (χ2v) is 9.72. The molecule has 1 saturated heterocycles. The van der Waals surface area contributed by atoms with E-state index >= 15 is 0 Å². The van der Waals surface area contributed by atoms with E-state index in [1.807, 2.05) is 24.3 Å². The lowest BCUT2D eigenvalue weighted by atomic mass is 9.80. The van der Waals surface area contributed by atoms with Crippen LogP contribution in [0.3, 0.4) is 0 Å². The molecule has 0 bridgehead atoms. The first-order valence-electron chi connectivity index (χ1n) is 10.6. The zero-order valence-corrected chi connectivity index (χ0v) is 18.0. The van der Waals surface area contributed by atoms with Crippen molar-refractivity contribution in [2.24, 2.45) is 0 Å². The summed E-state index contributed by atoms with van der Waals surface area (Å²) in [5.74, 6) is -0.274. The highest BCUT2D eigenvalue weighted by atomic mass is 32.1. The van der Waals surface area contributed by atoms with E-state index in [0.29, 0.717) is 30.4 Å². The van der Waals surface area contributed by atoms with Crippen molar-refractivity contribution in [1.29, 1.82) is 0 Å². The van der Waals surface area contributed by atoms with E-state index in [-0.39, 0.29) is 5.82 Å². The standard InChI is InChI=1S/C25H25FO4S/c1-14-22(27)23(28)24(29)25(30-14)10-9-16-13-20(26)17(12-19(16)25)11-18-7-8-21(31-18)15-5-3-2-4-6-15/h2-8,12-14,22-24,27-29H,9-11H2,1H3/t14-,22-,23+,24-,25+/m1/s1. The molecule has 1 aromatic heterocycles. The fourth-order valence-electron chi connectivity index (χ4n) is 4.91. The lowest BCUT2D eigenvalue weighted by Gasteiger charge is -2.47. The molecule has 3 N–H and O–H groups in total. The molecule has 1 spiro atoms. The van der Waals surface area contributed by atoms with E-state index < -0.39 is 30.0 Å². The van der Waals surface area contributed by atoms with Crippen LogP contribution in [0.25, 0.3) is 10.4 Å². The van der Waals surface area contributed by atoms with Crippen LogP contribution in [0.5, 0.6) is 0 Å². The molecule has 4 nitrogen and oxygen atoms in total. The summed E-state index contributed by atoms with van der Waals surface area (Å²) in [5.41, 5.74) is 2.04. The van der Waals surface area contributed by atoms with Crippen molar-refractivity contribution in [2.45, 2.75) is 56.2 Å². The SMILES string of the molecule is C[C@H]1O[C@]2(CCc3cc(F)c(Cc4ccc(-c5ccccc5)s4)cc32)[C@H](O)[C@@H](O)[C@@H]1O. The molecule has 2 heterocycles. The Bertz CT molecular complexity index is 1100. The number of aliphatic hydroxyl groups excluding tert-OH is 3. The number of aliphatic hydroxyl groups is 3. The number of halogens is 1. The third kappa shape index (κ3) is 3.43. The molecule has 5 rings (SSSR count). The lowest BCUT2D eigenvalue weighted by molar-refractivity contribution is -0.268. The summed E-state index contributed by atoms with van der Waals surface area (Å²) in [6.07, 6.45) is -2.95. The largest absolute Gasteiger partial charge is 0.388 e. The van der Waals surface area contributed by atoms with Crippen molar-refractivity contribution in [3.63, 3.8) is 0 Å². The number of benzene rings is 2. The van der Waals surface area contributed by atoms with Gasteiger partial charge in [0.05, 0.1) is 6.10 Å². The van der Waals surface area contributed by atoms with E-state index in [4.69, 9.17) is 4.74 Å². The number of aryl methyl sites for hydroxylation is 1. The minimum atomic E-state index is -1.31. The number of ether oxygens (including phenoxy) is 1. The van der Waals surface area contributed by atoms with E-state index in [1.54, 1.807) is 24.3 Å². The molecule has 1 fully saturated rings. The van der Waals surface area contributed by atoms with Crippen molar-refractivity contribution in [2.75, 3.05) is 0 Å². The van der Waals surface area contributed by atoms with E-state index in [2.05, 4.69) is 18.2 Å². The van der Waals surface area contributed by atoms with Crippen LogP contribution in [0.2, 0.25) is 0 Å². The Morgan fingerprint density at radius 1 is 1.06 bits per heavy atom. The van der Waals surface area contributed by atoms with Crippen LogP contribution in [-0.4, -0.2) is 39.7 Å². The number of hydrogen-bond acceptors (Lipinski definition) is 5. The van der Waals surface area contributed by atoms with Gasteiger partial charge in [-0.2, -0.15) is 0 Å². The minimum absolute atomic E-state index is 0.274. The normalized spacial score (nSPS) is 30.0. The van der Waals surface area contributed by atoms with Gasteiger partial charge in [0.2, 0.25) is 0 Å². The molecule has 162 valence electrons. The van der Waals surface area contributed by atoms with Crippen LogP contribution in [0.4, 0.5) is 4.39 Å². The maximum absolute atomic E-state index is 14.9. The monoisotopic (exact) mass is 440 g/mol. The zero-order chi connectivity index (χ0) is 21.8. The molecular weight excluding hydrogens is 415 g/mol. The summed E-state index contributed by atoms with van der Waals surface area (Å²) in [6.45, 7) is 1.68. The average molecular weight is 441 g/mol. The summed E-state index contributed by atoms with van der Waals surface area (Å²) < 4.78 is 21.0. The summed E-state index contributed by atoms with van der Waals surface area (Å²) in [4.78, 5) is 2.17. The molecule has 3 aromatic rings. The molecule has 0 amide bonds. The highest BCUT2D eigenvalue weighted by Gasteiger charge is 2.55. The molecule has 0 saturated carbocycles. The van der Waals surface area contributed by atoms with Crippen molar-refractivity contribution in [1.82, 2.24) is 0 Å². The van der Waals surface area contributed by atoms with E-state index in [1.165, 1.54) is 6.07 Å². The number of fused-ring (bicyclic) bond motifs is 2. The molecule has 2 aliphatic rings. The predicted octanol–water partition coefficient (Wildman–Crippen LogP) is 3.79. The van der Waals surface area contributed by atoms with Gasteiger partial charge in [0.1, 0.15) is 29.7 Å². The molecule has 1 aliphatic carbocycles. The number of rotatable bonds is 3. The molecule has 6 heteroatoms. The summed E-state index contributed by atoms with van der Waals surface area (Å²) in [6, 6.07) is 17.5. The first kappa shape index (κ1) is 20.8. The van der Waals surface area contributed by atoms with Gasteiger partial charge in [-0.15, -0.1) is 11.3 Å². The number of thiophene rings is 1. The van der Waals surface area contributed by atoms with Gasteiger partial charge < -0.3 is 20.1 Å². The third-order valence-electron chi connectivity index (χ3n) is 6.61. The maximum atomic E-state index is 14.9. The molecule has 2 aromatic carbocycles. The third-order valence-corrected chi connectivity index (χ3v) is 7.74. The van der Waals surface area contributed by atoms with E-state index in [0.717, 1.165) is 20.9 Å².